The summed E-state index contributed by atoms with van der Waals surface area (Å²) in [5.41, 5.74) is 0. The van der Waals surface area contributed by atoms with E-state index in [4.69, 9.17) is 9.47 Å². The zero-order valence-electron chi connectivity index (χ0n) is 66.7. The monoisotopic (exact) mass is 1460 g/mol. The van der Waals surface area contributed by atoms with Gasteiger partial charge in [0, 0.05) is 76.5 Å². The summed E-state index contributed by atoms with van der Waals surface area (Å²) in [5, 5.41) is 25.1. The molecule has 1 aliphatic rings. The van der Waals surface area contributed by atoms with Gasteiger partial charge < -0.3 is 75.5 Å². The molecule has 12 amide bonds. The van der Waals surface area contributed by atoms with Gasteiger partial charge >= 0.3 is 0 Å². The predicted octanol–water partition coefficient (Wildman–Crippen LogP) is 5.63. The molecule has 0 saturated carbocycles. The zero-order valence-corrected chi connectivity index (χ0v) is 67.5. The minimum atomic E-state index is -1.65. The van der Waals surface area contributed by atoms with Crippen molar-refractivity contribution in [2.24, 2.45) is 41.4 Å². The van der Waals surface area contributed by atoms with E-state index in [9.17, 15) is 38.7 Å². The normalized spacial score (nSPS) is 16.8. The summed E-state index contributed by atoms with van der Waals surface area (Å²) < 4.78 is 11.8. The Hall–Kier alpha value is -6.13. The van der Waals surface area contributed by atoms with Gasteiger partial charge in [0.05, 0.1) is 12.7 Å². The maximum absolute atomic E-state index is 15.5. The second-order valence-corrected chi connectivity index (χ2v) is 31.7. The molecule has 1 fully saturated rings. The molecule has 28 heteroatoms. The molecular formula is C74H136N12O15S. The van der Waals surface area contributed by atoms with Crippen molar-refractivity contribution < 1.29 is 72.1 Å². The Morgan fingerprint density at radius 1 is 0.539 bits per heavy atom. The third-order valence-corrected chi connectivity index (χ3v) is 20.4. The molecule has 1 saturated heterocycles. The molecule has 0 aromatic rings. The highest BCUT2D eigenvalue weighted by molar-refractivity contribution is 8.00. The fourth-order valence-corrected chi connectivity index (χ4v) is 13.9. The first-order valence-corrected chi connectivity index (χ1v) is 38.4. The van der Waals surface area contributed by atoms with Crippen LogP contribution in [0.25, 0.3) is 0 Å². The van der Waals surface area contributed by atoms with E-state index in [1.165, 1.54) is 99.6 Å². The van der Waals surface area contributed by atoms with Crippen LogP contribution in [-0.2, 0) is 67.0 Å². The zero-order chi connectivity index (χ0) is 78.2. The number of likely N-dealkylation sites (N-methyl/N-ethyl adjacent to an activating group) is 8. The van der Waals surface area contributed by atoms with Crippen LogP contribution in [0.5, 0.6) is 0 Å². The Kier molecular flexibility index (Phi) is 43.6. The quantitative estimate of drug-likeness (QED) is 0.0244. The minimum Gasteiger partial charge on any atom is -0.390 e. The molecule has 27 nitrogen and oxygen atoms in total. The average Bonchev–Trinajstić information content (AvgIpc) is 0.802. The average molecular weight is 1470 g/mol. The van der Waals surface area contributed by atoms with Crippen molar-refractivity contribution in [3.05, 3.63) is 0 Å². The largest absolute Gasteiger partial charge is 0.390 e. The van der Waals surface area contributed by atoms with E-state index in [-0.39, 0.29) is 73.9 Å². The number of nitrogens with one attached hydrogen (secondary N) is 5. The van der Waals surface area contributed by atoms with Gasteiger partial charge in [-0.3, -0.25) is 57.5 Å². The Morgan fingerprint density at radius 3 is 1.54 bits per heavy atom. The standard InChI is InChI=1S/C74H136N12O15S/c1-25-54(78-67(93)62(63(89)51(14)34-29-27-26-28-31-36-76-53(16)88)85(23)72(98)61(50(12)13)84(22)70(96)58(43-48(8)9)83(21)69(95)57(42-47(6)7)80(18)44-87)68(94)86(24)74(102-39-33-38-101-59-35-30-32-37-100-59)73(99)82(20)56(41-46(4)5)66(92)79-60(49(10)11)71(97)81(19)55(40-45(2)3)65(91)77-52(15)64(90)75-17/h44-52,54-63,74,89H,25-43H2,1-24H3,(H,75,90)(H,76,88)(H,77,91)(H,78,93)(H,79,92)/t51-,52+,54+,55+,56+,57+,58+,59?,60+,61+,62?,63-,74-/m1/s1. The first-order chi connectivity index (χ1) is 47.6. The number of amides is 12. The summed E-state index contributed by atoms with van der Waals surface area (Å²) >= 11 is 1.13. The molecule has 6 N–H and O–H groups in total. The van der Waals surface area contributed by atoms with Gasteiger partial charge in [-0.2, -0.15) is 0 Å². The highest BCUT2D eigenvalue weighted by atomic mass is 32.2. The number of carbonyl (C=O) groups excluding carboxylic acids is 12. The Labute approximate surface area is 616 Å². The van der Waals surface area contributed by atoms with E-state index in [2.05, 4.69) is 26.6 Å². The van der Waals surface area contributed by atoms with Gasteiger partial charge in [-0.25, -0.2) is 0 Å². The van der Waals surface area contributed by atoms with Crippen molar-refractivity contribution in [1.82, 2.24) is 60.9 Å². The SMILES string of the molecule is CC[C@H](NC(=O)C([C@H](O)[C@H](C)CCCCCCCNC(C)=O)N(C)C(=O)[C@H](C(C)C)N(C)C(=O)[C@H](CC(C)C)N(C)C(=O)[C@H](CC(C)C)N(C)C=O)C(=O)N(C)[C@H](SCCCOC1CCCCO1)C(=O)N(C)[C@@H](CC(C)C)C(=O)N[C@H](C(=O)N(C)[C@@H](CC(C)C)C(=O)N[C@@H](C)C(=O)NC)C(C)C. The van der Waals surface area contributed by atoms with E-state index < -0.39 is 143 Å². The summed E-state index contributed by atoms with van der Waals surface area (Å²) in [6.45, 7) is 30.0. The van der Waals surface area contributed by atoms with Crippen molar-refractivity contribution in [2.75, 3.05) is 81.9 Å². The molecule has 1 rings (SSSR count). The smallest absolute Gasteiger partial charge is 0.256 e. The number of hydrogen-bond acceptors (Lipinski definition) is 16. The summed E-state index contributed by atoms with van der Waals surface area (Å²) in [7, 11) is 11.7. The number of rotatable bonds is 48. The van der Waals surface area contributed by atoms with Crippen LogP contribution in [0.4, 0.5) is 0 Å². The van der Waals surface area contributed by atoms with Gasteiger partial charge in [0.2, 0.25) is 65.5 Å². The third kappa shape index (κ3) is 30.5. The lowest BCUT2D eigenvalue weighted by atomic mass is 9.90. The fourth-order valence-electron chi connectivity index (χ4n) is 12.7. The van der Waals surface area contributed by atoms with Crippen LogP contribution in [0, 0.1) is 41.4 Å². The van der Waals surface area contributed by atoms with Gasteiger partial charge in [-0.15, -0.1) is 11.8 Å². The van der Waals surface area contributed by atoms with E-state index in [0.717, 1.165) is 61.6 Å². The third-order valence-electron chi connectivity index (χ3n) is 19.0. The molecule has 0 aromatic carbocycles. The Bertz CT molecular complexity index is 2650. The number of hydrogen-bond donors (Lipinski definition) is 6. The van der Waals surface area contributed by atoms with Crippen molar-refractivity contribution in [3.63, 3.8) is 0 Å². The summed E-state index contributed by atoms with van der Waals surface area (Å²) in [5.74, 6) is -7.98. The number of aliphatic hydroxyl groups is 1. The number of aliphatic hydroxyl groups excluding tert-OH is 1. The van der Waals surface area contributed by atoms with Crippen molar-refractivity contribution in [2.45, 2.75) is 279 Å². The molecule has 1 aliphatic heterocycles. The molecule has 0 spiro atoms. The van der Waals surface area contributed by atoms with Crippen LogP contribution >= 0.6 is 11.8 Å². The summed E-state index contributed by atoms with van der Waals surface area (Å²) in [6, 6.07) is -10.5. The predicted molar refractivity (Wildman–Crippen MR) is 398 cm³/mol. The highest BCUT2D eigenvalue weighted by Gasteiger charge is 2.46. The molecule has 2 unspecified atom stereocenters. The number of carbonyl (C=O) groups is 12. The number of unbranched alkanes of at least 4 members (excludes halogenated alkanes) is 4. The van der Waals surface area contributed by atoms with Gasteiger partial charge in [0.25, 0.3) is 5.91 Å². The molecule has 13 atom stereocenters. The van der Waals surface area contributed by atoms with Crippen LogP contribution in [0.1, 0.15) is 207 Å². The molecule has 102 heavy (non-hydrogen) atoms. The van der Waals surface area contributed by atoms with E-state index in [0.29, 0.717) is 45.2 Å². The van der Waals surface area contributed by atoms with Gasteiger partial charge in [0.15, 0.2) is 11.7 Å². The van der Waals surface area contributed by atoms with Gasteiger partial charge in [-0.1, -0.05) is 123 Å². The minimum absolute atomic E-state index is 0.0215. The molecule has 0 aliphatic carbocycles. The van der Waals surface area contributed by atoms with E-state index in [1.807, 2.05) is 55.4 Å². The lowest BCUT2D eigenvalue weighted by molar-refractivity contribution is -0.162. The maximum Gasteiger partial charge on any atom is 0.256 e. The summed E-state index contributed by atoms with van der Waals surface area (Å²) in [6.07, 6.45) is 6.93. The highest BCUT2D eigenvalue weighted by Crippen LogP contribution is 2.28. The lowest BCUT2D eigenvalue weighted by Gasteiger charge is -2.41. The number of thioether (sulfide) groups is 1. The molecular weight excluding hydrogens is 1330 g/mol. The van der Waals surface area contributed by atoms with Crippen LogP contribution in [-0.4, -0.2) is 265 Å². The van der Waals surface area contributed by atoms with Crippen molar-refractivity contribution in [3.8, 4) is 0 Å². The van der Waals surface area contributed by atoms with Crippen LogP contribution in [0.15, 0.2) is 0 Å². The first kappa shape index (κ1) is 93.9. The van der Waals surface area contributed by atoms with Crippen LogP contribution in [0.2, 0.25) is 0 Å². The fraction of sp³-hybridized carbons (Fsp3) is 0.838. The Morgan fingerprint density at radius 2 is 1.04 bits per heavy atom. The second kappa shape index (κ2) is 47.4. The molecule has 0 aromatic heterocycles. The van der Waals surface area contributed by atoms with Crippen molar-refractivity contribution >= 4 is 83.2 Å². The van der Waals surface area contributed by atoms with Crippen LogP contribution in [0.3, 0.4) is 0 Å². The number of nitrogens with zero attached hydrogens (tertiary/aromatic N) is 7. The molecule has 0 radical (unpaired) electrons. The molecule has 0 bridgehead atoms. The first-order valence-electron chi connectivity index (χ1n) is 37.3. The van der Waals surface area contributed by atoms with Gasteiger partial charge in [0.1, 0.15) is 54.4 Å². The Balaban J connectivity index is 4.06. The number of ether oxygens (including phenoxy) is 2. The van der Waals surface area contributed by atoms with E-state index in [1.54, 1.807) is 41.5 Å². The second-order valence-electron chi connectivity index (χ2n) is 30.5. The maximum atomic E-state index is 15.5. The van der Waals surface area contributed by atoms with Crippen molar-refractivity contribution in [1.29, 1.82) is 0 Å². The topological polar surface area (TPSA) is 326 Å². The summed E-state index contributed by atoms with van der Waals surface area (Å²) in [4.78, 5) is 179. The van der Waals surface area contributed by atoms with E-state index >= 15 is 24.0 Å². The lowest BCUT2D eigenvalue weighted by Crippen LogP contribution is -2.63. The molecule has 588 valence electrons. The van der Waals surface area contributed by atoms with Crippen LogP contribution < -0.4 is 26.6 Å². The van der Waals surface area contributed by atoms with Gasteiger partial charge in [-0.05, 0) is 125 Å². The molecule has 1 heterocycles.